The van der Waals surface area contributed by atoms with Gasteiger partial charge in [-0.15, -0.1) is 0 Å². The standard InChI is InChI=1S/C15H16N2O2/c1-11-12(6-7-19-11)8-16-15(18)17-9-13-4-2-3-5-14(13)10-17/h2-7H,8-10H2,1H3,(H,16,18). The molecule has 0 saturated carbocycles. The Morgan fingerprint density at radius 1 is 1.26 bits per heavy atom. The predicted octanol–water partition coefficient (Wildman–Crippen LogP) is 2.81. The van der Waals surface area contributed by atoms with E-state index in [-0.39, 0.29) is 6.03 Å². The first-order valence-electron chi connectivity index (χ1n) is 6.36. The first-order chi connectivity index (χ1) is 9.24. The summed E-state index contributed by atoms with van der Waals surface area (Å²) in [4.78, 5) is 13.9. The van der Waals surface area contributed by atoms with E-state index >= 15 is 0 Å². The van der Waals surface area contributed by atoms with Crippen LogP contribution in [0, 0.1) is 6.92 Å². The quantitative estimate of drug-likeness (QED) is 0.898. The molecule has 4 nitrogen and oxygen atoms in total. The lowest BCUT2D eigenvalue weighted by Crippen LogP contribution is -2.36. The minimum atomic E-state index is -0.0307. The zero-order chi connectivity index (χ0) is 13.2. The summed E-state index contributed by atoms with van der Waals surface area (Å²) in [6.45, 7) is 3.78. The number of furan rings is 1. The van der Waals surface area contributed by atoms with Gasteiger partial charge < -0.3 is 14.6 Å². The number of urea groups is 1. The van der Waals surface area contributed by atoms with Gasteiger partial charge in [-0.05, 0) is 24.1 Å². The van der Waals surface area contributed by atoms with E-state index in [0.29, 0.717) is 19.6 Å². The molecule has 0 atom stereocenters. The SMILES string of the molecule is Cc1occc1CNC(=O)N1Cc2ccccc2C1. The molecule has 19 heavy (non-hydrogen) atoms. The molecule has 2 amide bonds. The third-order valence-electron chi connectivity index (χ3n) is 3.52. The molecule has 0 aliphatic carbocycles. The maximum Gasteiger partial charge on any atom is 0.318 e. The highest BCUT2D eigenvalue weighted by Gasteiger charge is 2.22. The van der Waals surface area contributed by atoms with Crippen LogP contribution in [0.25, 0.3) is 0 Å². The van der Waals surface area contributed by atoms with E-state index in [4.69, 9.17) is 4.42 Å². The molecule has 2 heterocycles. The zero-order valence-corrected chi connectivity index (χ0v) is 10.8. The van der Waals surface area contributed by atoms with Gasteiger partial charge in [-0.3, -0.25) is 0 Å². The summed E-state index contributed by atoms with van der Waals surface area (Å²) in [5, 5.41) is 2.93. The second-order valence-corrected chi connectivity index (χ2v) is 4.79. The highest BCUT2D eigenvalue weighted by Crippen LogP contribution is 2.22. The molecule has 0 radical (unpaired) electrons. The van der Waals surface area contributed by atoms with Gasteiger partial charge >= 0.3 is 6.03 Å². The van der Waals surface area contributed by atoms with Crippen LogP contribution in [0.2, 0.25) is 0 Å². The Morgan fingerprint density at radius 3 is 2.53 bits per heavy atom. The van der Waals surface area contributed by atoms with Gasteiger partial charge in [0.2, 0.25) is 0 Å². The Kier molecular flexibility index (Phi) is 2.99. The van der Waals surface area contributed by atoms with E-state index in [0.717, 1.165) is 11.3 Å². The molecule has 0 fully saturated rings. The van der Waals surface area contributed by atoms with E-state index in [9.17, 15) is 4.79 Å². The van der Waals surface area contributed by atoms with Crippen molar-refractivity contribution in [2.45, 2.75) is 26.6 Å². The Morgan fingerprint density at radius 2 is 1.95 bits per heavy atom. The maximum atomic E-state index is 12.1. The van der Waals surface area contributed by atoms with Crippen LogP contribution < -0.4 is 5.32 Å². The molecule has 0 unspecified atom stereocenters. The first-order valence-corrected chi connectivity index (χ1v) is 6.36. The molecule has 3 rings (SSSR count). The van der Waals surface area contributed by atoms with Crippen molar-refractivity contribution in [3.63, 3.8) is 0 Å². The van der Waals surface area contributed by atoms with Crippen LogP contribution in [0.1, 0.15) is 22.5 Å². The fourth-order valence-corrected chi connectivity index (χ4v) is 2.35. The number of aryl methyl sites for hydroxylation is 1. The average Bonchev–Trinajstić information content (AvgIpc) is 3.01. The van der Waals surface area contributed by atoms with Crippen LogP contribution in [-0.2, 0) is 19.6 Å². The van der Waals surface area contributed by atoms with Crippen molar-refractivity contribution in [3.8, 4) is 0 Å². The van der Waals surface area contributed by atoms with Crippen LogP contribution in [0.4, 0.5) is 4.79 Å². The number of hydrogen-bond acceptors (Lipinski definition) is 2. The highest BCUT2D eigenvalue weighted by atomic mass is 16.3. The lowest BCUT2D eigenvalue weighted by atomic mass is 10.1. The Hall–Kier alpha value is -2.23. The lowest BCUT2D eigenvalue weighted by Gasteiger charge is -2.16. The van der Waals surface area contributed by atoms with Gasteiger partial charge in [-0.2, -0.15) is 0 Å². The van der Waals surface area contributed by atoms with E-state index in [1.54, 1.807) is 6.26 Å². The number of benzene rings is 1. The van der Waals surface area contributed by atoms with E-state index in [1.165, 1.54) is 11.1 Å². The van der Waals surface area contributed by atoms with Crippen LogP contribution in [0.5, 0.6) is 0 Å². The second-order valence-electron chi connectivity index (χ2n) is 4.79. The van der Waals surface area contributed by atoms with Gasteiger partial charge in [0, 0.05) is 25.2 Å². The molecule has 1 aliphatic rings. The first kappa shape index (κ1) is 11.8. The summed E-state index contributed by atoms with van der Waals surface area (Å²) in [5.74, 6) is 0.852. The molecular weight excluding hydrogens is 240 g/mol. The number of nitrogens with zero attached hydrogens (tertiary/aromatic N) is 1. The molecule has 98 valence electrons. The fourth-order valence-electron chi connectivity index (χ4n) is 2.35. The second kappa shape index (κ2) is 4.80. The van der Waals surface area contributed by atoms with Gasteiger partial charge in [0.25, 0.3) is 0 Å². The average molecular weight is 256 g/mol. The van der Waals surface area contributed by atoms with Crippen molar-refractivity contribution >= 4 is 6.03 Å². The van der Waals surface area contributed by atoms with Crippen molar-refractivity contribution < 1.29 is 9.21 Å². The number of carbonyl (C=O) groups excluding carboxylic acids is 1. The Labute approximate surface area is 112 Å². The van der Waals surface area contributed by atoms with Crippen molar-refractivity contribution in [1.29, 1.82) is 0 Å². The molecule has 0 spiro atoms. The van der Waals surface area contributed by atoms with Crippen LogP contribution in [0.3, 0.4) is 0 Å². The third-order valence-corrected chi connectivity index (χ3v) is 3.52. The molecule has 1 aliphatic heterocycles. The molecule has 1 aromatic carbocycles. The topological polar surface area (TPSA) is 45.5 Å². The molecular formula is C15H16N2O2. The van der Waals surface area contributed by atoms with Gasteiger partial charge in [-0.25, -0.2) is 4.79 Å². The third kappa shape index (κ3) is 2.34. The van der Waals surface area contributed by atoms with Crippen molar-refractivity contribution in [2.24, 2.45) is 0 Å². The highest BCUT2D eigenvalue weighted by molar-refractivity contribution is 5.75. The van der Waals surface area contributed by atoms with Crippen molar-refractivity contribution in [1.82, 2.24) is 10.2 Å². The van der Waals surface area contributed by atoms with Crippen LogP contribution in [-0.4, -0.2) is 10.9 Å². The van der Waals surface area contributed by atoms with Gasteiger partial charge in [0.05, 0.1) is 6.26 Å². The van der Waals surface area contributed by atoms with Gasteiger partial charge in [0.15, 0.2) is 0 Å². The minimum absolute atomic E-state index is 0.0307. The largest absolute Gasteiger partial charge is 0.469 e. The monoisotopic (exact) mass is 256 g/mol. The number of carbonyl (C=O) groups is 1. The van der Waals surface area contributed by atoms with E-state index in [2.05, 4.69) is 17.4 Å². The normalized spacial score (nSPS) is 13.4. The van der Waals surface area contributed by atoms with Gasteiger partial charge in [-0.1, -0.05) is 24.3 Å². The molecule has 1 aromatic heterocycles. The lowest BCUT2D eigenvalue weighted by molar-refractivity contribution is 0.198. The zero-order valence-electron chi connectivity index (χ0n) is 10.8. The van der Waals surface area contributed by atoms with Gasteiger partial charge in [0.1, 0.15) is 5.76 Å². The number of fused-ring (bicyclic) bond motifs is 1. The number of rotatable bonds is 2. The summed E-state index contributed by atoms with van der Waals surface area (Å²) >= 11 is 0. The molecule has 0 saturated heterocycles. The summed E-state index contributed by atoms with van der Waals surface area (Å²) in [7, 11) is 0. The molecule has 2 aromatic rings. The van der Waals surface area contributed by atoms with E-state index in [1.807, 2.05) is 30.0 Å². The predicted molar refractivity (Wildman–Crippen MR) is 71.4 cm³/mol. The molecule has 0 bridgehead atoms. The summed E-state index contributed by atoms with van der Waals surface area (Å²) in [6.07, 6.45) is 1.64. The van der Waals surface area contributed by atoms with Crippen LogP contribution >= 0.6 is 0 Å². The summed E-state index contributed by atoms with van der Waals surface area (Å²) in [6, 6.07) is 10.0. The number of hydrogen-bond donors (Lipinski definition) is 1. The minimum Gasteiger partial charge on any atom is -0.469 e. The Bertz CT molecular complexity index is 579. The number of amides is 2. The van der Waals surface area contributed by atoms with E-state index < -0.39 is 0 Å². The molecule has 4 heteroatoms. The Balaban J connectivity index is 1.60. The smallest absolute Gasteiger partial charge is 0.318 e. The van der Waals surface area contributed by atoms with Crippen LogP contribution in [0.15, 0.2) is 41.0 Å². The molecule has 1 N–H and O–H groups in total. The number of nitrogens with one attached hydrogen (secondary N) is 1. The maximum absolute atomic E-state index is 12.1. The summed E-state index contributed by atoms with van der Waals surface area (Å²) in [5.41, 5.74) is 3.49. The summed E-state index contributed by atoms with van der Waals surface area (Å²) < 4.78 is 5.21. The van der Waals surface area contributed by atoms with Crippen molar-refractivity contribution in [2.75, 3.05) is 0 Å². The fraction of sp³-hybridized carbons (Fsp3) is 0.267. The van der Waals surface area contributed by atoms with Crippen molar-refractivity contribution in [3.05, 3.63) is 59.0 Å².